The van der Waals surface area contributed by atoms with Gasteiger partial charge in [0.25, 0.3) is 0 Å². The molecule has 2 aromatic carbocycles. The highest BCUT2D eigenvalue weighted by Gasteiger charge is 2.15. The lowest BCUT2D eigenvalue weighted by Gasteiger charge is -2.15. The van der Waals surface area contributed by atoms with Crippen LogP contribution in [0.25, 0.3) is 0 Å². The van der Waals surface area contributed by atoms with Crippen LogP contribution in [-0.2, 0) is 4.79 Å². The van der Waals surface area contributed by atoms with Gasteiger partial charge >= 0.3 is 0 Å². The van der Waals surface area contributed by atoms with Gasteiger partial charge in [0.15, 0.2) is 0 Å². The molecule has 0 aliphatic carbocycles. The van der Waals surface area contributed by atoms with Crippen molar-refractivity contribution in [3.63, 3.8) is 0 Å². The Balaban J connectivity index is 2.39. The van der Waals surface area contributed by atoms with Crippen LogP contribution in [-0.4, -0.2) is 22.7 Å². The number of nitrogens with zero attached hydrogens (tertiary/aromatic N) is 1. The van der Waals surface area contributed by atoms with Gasteiger partial charge < -0.3 is 10.5 Å². The van der Waals surface area contributed by atoms with Crippen molar-refractivity contribution in [1.29, 1.82) is 0 Å². The van der Waals surface area contributed by atoms with Gasteiger partial charge in [-0.1, -0.05) is 53.7 Å². The topological polar surface area (TPSA) is 61.7 Å². The van der Waals surface area contributed by atoms with Gasteiger partial charge in [0.05, 0.1) is 5.69 Å². The minimum absolute atomic E-state index is 0.105. The average Bonchev–Trinajstić information content (AvgIpc) is 2.57. The Kier molecular flexibility index (Phi) is 6.18. The molecule has 0 atom stereocenters. The fourth-order valence-electron chi connectivity index (χ4n) is 2.32. The zero-order valence-corrected chi connectivity index (χ0v) is 13.7. The summed E-state index contributed by atoms with van der Waals surface area (Å²) in [6, 6.07) is 14.9. The Morgan fingerprint density at radius 3 is 2.57 bits per heavy atom. The normalized spacial score (nSPS) is 11.3. The lowest BCUT2D eigenvalue weighted by atomic mass is 9.98. The Hall–Kier alpha value is -2.33. The number of nitrogens with one attached hydrogen (secondary N) is 1. The molecule has 0 aliphatic rings. The van der Waals surface area contributed by atoms with Gasteiger partial charge in [0, 0.05) is 23.4 Å². The molecule has 0 aromatic heterocycles. The summed E-state index contributed by atoms with van der Waals surface area (Å²) in [7, 11) is 0. The van der Waals surface area contributed by atoms with E-state index in [-0.39, 0.29) is 5.91 Å². The van der Waals surface area contributed by atoms with Gasteiger partial charge in [-0.3, -0.25) is 4.79 Å². The molecule has 0 saturated carbocycles. The van der Waals surface area contributed by atoms with Crippen molar-refractivity contribution in [2.75, 3.05) is 11.2 Å². The summed E-state index contributed by atoms with van der Waals surface area (Å²) in [5, 5.41) is 15.8. The molecular weight excluding hydrogens is 312 g/mol. The number of amides is 1. The van der Waals surface area contributed by atoms with Crippen molar-refractivity contribution in [3.05, 3.63) is 65.2 Å². The second kappa shape index (κ2) is 8.34. The summed E-state index contributed by atoms with van der Waals surface area (Å²) in [5.41, 5.74) is 3.43. The number of carbonyl (C=O) groups excluding carboxylic acids is 1. The lowest BCUT2D eigenvalue weighted by Crippen LogP contribution is -2.16. The van der Waals surface area contributed by atoms with Gasteiger partial charge in [0.2, 0.25) is 5.91 Å². The fourth-order valence-corrected chi connectivity index (χ4v) is 2.46. The van der Waals surface area contributed by atoms with Crippen LogP contribution in [0.1, 0.15) is 29.5 Å². The number of aryl methyl sites for hydroxylation is 1. The van der Waals surface area contributed by atoms with Crippen LogP contribution in [0.2, 0.25) is 0 Å². The van der Waals surface area contributed by atoms with E-state index in [2.05, 4.69) is 10.5 Å². The number of para-hydroxylation sites is 1. The second-order valence-electron chi connectivity index (χ2n) is 5.15. The van der Waals surface area contributed by atoms with Crippen LogP contribution < -0.4 is 5.32 Å². The highest BCUT2D eigenvalue weighted by molar-refractivity contribution is 6.18. The quantitative estimate of drug-likeness (QED) is 0.361. The minimum atomic E-state index is -0.105. The molecule has 0 radical (unpaired) electrons. The third-order valence-electron chi connectivity index (χ3n) is 3.48. The van der Waals surface area contributed by atoms with Crippen LogP contribution in [0.4, 0.5) is 5.69 Å². The van der Waals surface area contributed by atoms with E-state index in [4.69, 9.17) is 11.6 Å². The zero-order valence-electron chi connectivity index (χ0n) is 12.9. The van der Waals surface area contributed by atoms with Gasteiger partial charge in [-0.25, -0.2) is 0 Å². The molecule has 5 heteroatoms. The van der Waals surface area contributed by atoms with Crippen LogP contribution in [0.5, 0.6) is 0 Å². The van der Waals surface area contributed by atoms with Gasteiger partial charge in [0.1, 0.15) is 5.71 Å². The van der Waals surface area contributed by atoms with E-state index in [1.54, 1.807) is 0 Å². The molecular formula is C18H19ClN2O2. The molecule has 2 rings (SSSR count). The highest BCUT2D eigenvalue weighted by atomic mass is 35.5. The zero-order chi connectivity index (χ0) is 16.7. The summed E-state index contributed by atoms with van der Waals surface area (Å²) < 4.78 is 0. The van der Waals surface area contributed by atoms with Crippen LogP contribution >= 0.6 is 11.6 Å². The second-order valence-corrected chi connectivity index (χ2v) is 5.53. The summed E-state index contributed by atoms with van der Waals surface area (Å²) in [6.45, 7) is 1.90. The molecule has 0 bridgehead atoms. The molecule has 0 fully saturated rings. The molecule has 0 aliphatic heterocycles. The predicted octanol–water partition coefficient (Wildman–Crippen LogP) is 4.18. The van der Waals surface area contributed by atoms with Gasteiger partial charge in [-0.15, -0.1) is 11.6 Å². The third kappa shape index (κ3) is 4.33. The van der Waals surface area contributed by atoms with Crippen molar-refractivity contribution in [3.8, 4) is 0 Å². The first kappa shape index (κ1) is 17.0. The smallest absolute Gasteiger partial charge is 0.224 e. The van der Waals surface area contributed by atoms with E-state index in [9.17, 15) is 10.0 Å². The number of anilines is 1. The molecule has 0 unspecified atom stereocenters. The number of carbonyl (C=O) groups is 1. The van der Waals surface area contributed by atoms with Crippen molar-refractivity contribution in [2.45, 2.75) is 19.8 Å². The largest absolute Gasteiger partial charge is 0.410 e. The first-order chi connectivity index (χ1) is 11.2. The number of rotatable bonds is 6. The molecule has 2 aromatic rings. The Morgan fingerprint density at radius 2 is 1.91 bits per heavy atom. The Labute approximate surface area is 140 Å². The molecule has 0 spiro atoms. The highest BCUT2D eigenvalue weighted by Crippen LogP contribution is 2.24. The van der Waals surface area contributed by atoms with Crippen molar-refractivity contribution >= 4 is 28.9 Å². The molecule has 1 amide bonds. The SMILES string of the molecule is Cc1cccc(C(=NO)c2ccccc2)c1NC(=O)CCCCl. The molecule has 120 valence electrons. The average molecular weight is 331 g/mol. The van der Waals surface area contributed by atoms with Crippen LogP contribution in [0.15, 0.2) is 53.7 Å². The summed E-state index contributed by atoms with van der Waals surface area (Å²) in [4.78, 5) is 12.1. The van der Waals surface area contributed by atoms with E-state index < -0.39 is 0 Å². The predicted molar refractivity (Wildman–Crippen MR) is 93.6 cm³/mol. The molecule has 4 nitrogen and oxygen atoms in total. The van der Waals surface area contributed by atoms with Crippen molar-refractivity contribution in [1.82, 2.24) is 0 Å². The van der Waals surface area contributed by atoms with Crippen molar-refractivity contribution < 1.29 is 10.0 Å². The Morgan fingerprint density at radius 1 is 1.17 bits per heavy atom. The van der Waals surface area contributed by atoms with E-state index >= 15 is 0 Å². The molecule has 0 saturated heterocycles. The molecule has 0 heterocycles. The number of hydrogen-bond acceptors (Lipinski definition) is 3. The monoisotopic (exact) mass is 330 g/mol. The van der Waals surface area contributed by atoms with E-state index in [0.717, 1.165) is 11.1 Å². The first-order valence-electron chi connectivity index (χ1n) is 7.40. The number of halogens is 1. The van der Waals surface area contributed by atoms with Gasteiger partial charge in [-0.05, 0) is 18.9 Å². The van der Waals surface area contributed by atoms with Crippen molar-refractivity contribution in [2.24, 2.45) is 5.16 Å². The minimum Gasteiger partial charge on any atom is -0.410 e. The maximum Gasteiger partial charge on any atom is 0.224 e. The summed E-state index contributed by atoms with van der Waals surface area (Å²) >= 11 is 5.63. The van der Waals surface area contributed by atoms with Gasteiger partial charge in [-0.2, -0.15) is 0 Å². The van der Waals surface area contributed by atoms with Crippen LogP contribution in [0, 0.1) is 6.92 Å². The third-order valence-corrected chi connectivity index (χ3v) is 3.74. The molecule has 23 heavy (non-hydrogen) atoms. The summed E-state index contributed by atoms with van der Waals surface area (Å²) in [6.07, 6.45) is 0.975. The van der Waals surface area contributed by atoms with E-state index in [1.165, 1.54) is 0 Å². The van der Waals surface area contributed by atoms with Crippen LogP contribution in [0.3, 0.4) is 0 Å². The first-order valence-corrected chi connectivity index (χ1v) is 7.94. The molecule has 2 N–H and O–H groups in total. The fraction of sp³-hybridized carbons (Fsp3) is 0.222. The number of benzene rings is 2. The lowest BCUT2D eigenvalue weighted by molar-refractivity contribution is -0.116. The Bertz CT molecular complexity index is 699. The standard InChI is InChI=1S/C18H19ClN2O2/c1-13-7-5-10-15(17(13)20-16(22)11-6-12-19)18(21-23)14-8-3-2-4-9-14/h2-5,7-10,23H,6,11-12H2,1H3,(H,20,22). The maximum absolute atomic E-state index is 12.1. The number of oxime groups is 1. The number of hydrogen-bond donors (Lipinski definition) is 2. The van der Waals surface area contributed by atoms with E-state index in [0.29, 0.717) is 35.7 Å². The number of alkyl halides is 1. The maximum atomic E-state index is 12.1. The van der Waals surface area contributed by atoms with E-state index in [1.807, 2.05) is 55.5 Å². The summed E-state index contributed by atoms with van der Waals surface area (Å²) in [5.74, 6) is 0.341.